The van der Waals surface area contributed by atoms with Gasteiger partial charge in [-0.1, -0.05) is 32.3 Å². The van der Waals surface area contributed by atoms with Crippen molar-refractivity contribution in [3.63, 3.8) is 0 Å². The van der Waals surface area contributed by atoms with Gasteiger partial charge < -0.3 is 5.32 Å². The predicted octanol–water partition coefficient (Wildman–Crippen LogP) is 3.31. The summed E-state index contributed by atoms with van der Waals surface area (Å²) in [5.74, 6) is 1.77. The number of hydrogen-bond donors (Lipinski definition) is 1. The van der Waals surface area contributed by atoms with Crippen LogP contribution in [0.5, 0.6) is 0 Å². The van der Waals surface area contributed by atoms with E-state index >= 15 is 0 Å². The Bertz CT molecular complexity index is 331. The zero-order chi connectivity index (χ0) is 12.1. The first-order valence-electron chi connectivity index (χ1n) is 6.88. The fourth-order valence-electron chi connectivity index (χ4n) is 2.70. The van der Waals surface area contributed by atoms with Crippen LogP contribution in [0.4, 0.5) is 0 Å². The standard InChI is InChI=1S/C15H24N2/c1-12-5-3-4-6-15(12)11-16-9-14-8-7-13(2)17-10-14/h7-8,10,12,15-16H,3-6,9,11H2,1-2H3. The number of nitrogens with zero attached hydrogens (tertiary/aromatic N) is 1. The number of rotatable bonds is 4. The third kappa shape index (κ3) is 3.81. The molecule has 2 unspecified atom stereocenters. The number of hydrogen-bond acceptors (Lipinski definition) is 2. The predicted molar refractivity (Wildman–Crippen MR) is 71.8 cm³/mol. The summed E-state index contributed by atoms with van der Waals surface area (Å²) in [5.41, 5.74) is 2.38. The van der Waals surface area contributed by atoms with Gasteiger partial charge in [-0.25, -0.2) is 0 Å². The molecule has 2 atom stereocenters. The lowest BCUT2D eigenvalue weighted by Gasteiger charge is -2.28. The molecule has 94 valence electrons. The first kappa shape index (κ1) is 12.6. The molecule has 2 heteroatoms. The summed E-state index contributed by atoms with van der Waals surface area (Å²) < 4.78 is 0. The summed E-state index contributed by atoms with van der Waals surface area (Å²) in [6.45, 7) is 6.55. The minimum atomic E-state index is 0.877. The van der Waals surface area contributed by atoms with Gasteiger partial charge in [0.15, 0.2) is 0 Å². The van der Waals surface area contributed by atoms with E-state index in [2.05, 4.69) is 29.4 Å². The molecular weight excluding hydrogens is 208 g/mol. The van der Waals surface area contributed by atoms with Crippen LogP contribution in [0.15, 0.2) is 18.3 Å². The summed E-state index contributed by atoms with van der Waals surface area (Å²) in [5, 5.41) is 3.58. The molecule has 1 N–H and O–H groups in total. The molecule has 1 aromatic heterocycles. The van der Waals surface area contributed by atoms with Crippen LogP contribution in [0.2, 0.25) is 0 Å². The van der Waals surface area contributed by atoms with E-state index < -0.39 is 0 Å². The Labute approximate surface area is 105 Å². The highest BCUT2D eigenvalue weighted by Crippen LogP contribution is 2.28. The molecule has 1 aliphatic carbocycles. The molecule has 2 rings (SSSR count). The van der Waals surface area contributed by atoms with Crippen molar-refractivity contribution in [1.29, 1.82) is 0 Å². The fourth-order valence-corrected chi connectivity index (χ4v) is 2.70. The Kier molecular flexibility index (Phi) is 4.55. The smallest absolute Gasteiger partial charge is 0.0372 e. The van der Waals surface area contributed by atoms with Crippen LogP contribution in [-0.4, -0.2) is 11.5 Å². The molecule has 0 saturated heterocycles. The van der Waals surface area contributed by atoms with E-state index in [1.165, 1.54) is 31.2 Å². The van der Waals surface area contributed by atoms with Crippen LogP contribution in [-0.2, 0) is 6.54 Å². The first-order valence-corrected chi connectivity index (χ1v) is 6.88. The molecule has 0 radical (unpaired) electrons. The SMILES string of the molecule is Cc1ccc(CNCC2CCCCC2C)cn1. The van der Waals surface area contributed by atoms with Crippen molar-refractivity contribution in [3.8, 4) is 0 Å². The van der Waals surface area contributed by atoms with Gasteiger partial charge in [0, 0.05) is 18.4 Å². The van der Waals surface area contributed by atoms with Gasteiger partial charge in [0.05, 0.1) is 0 Å². The second-order valence-electron chi connectivity index (χ2n) is 5.46. The van der Waals surface area contributed by atoms with Gasteiger partial charge >= 0.3 is 0 Å². The van der Waals surface area contributed by atoms with Crippen LogP contribution >= 0.6 is 0 Å². The molecule has 1 aliphatic rings. The Balaban J connectivity index is 1.73. The molecule has 0 amide bonds. The van der Waals surface area contributed by atoms with Crippen molar-refractivity contribution in [2.45, 2.75) is 46.1 Å². The Hall–Kier alpha value is -0.890. The van der Waals surface area contributed by atoms with E-state index in [0.29, 0.717) is 0 Å². The molecule has 17 heavy (non-hydrogen) atoms. The van der Waals surface area contributed by atoms with Crippen molar-refractivity contribution < 1.29 is 0 Å². The zero-order valence-electron chi connectivity index (χ0n) is 11.1. The lowest BCUT2D eigenvalue weighted by atomic mass is 9.80. The summed E-state index contributed by atoms with van der Waals surface area (Å²) in [6, 6.07) is 4.25. The van der Waals surface area contributed by atoms with Crippen LogP contribution in [0, 0.1) is 18.8 Å². The lowest BCUT2D eigenvalue weighted by molar-refractivity contribution is 0.247. The monoisotopic (exact) mass is 232 g/mol. The summed E-state index contributed by atoms with van der Waals surface area (Å²) in [7, 11) is 0. The molecule has 0 bridgehead atoms. The van der Waals surface area contributed by atoms with Gasteiger partial charge in [0.2, 0.25) is 0 Å². The topological polar surface area (TPSA) is 24.9 Å². The number of nitrogens with one attached hydrogen (secondary N) is 1. The second kappa shape index (κ2) is 6.15. The molecule has 1 heterocycles. The van der Waals surface area contributed by atoms with Crippen molar-refractivity contribution in [2.75, 3.05) is 6.54 Å². The largest absolute Gasteiger partial charge is 0.312 e. The van der Waals surface area contributed by atoms with Crippen molar-refractivity contribution in [1.82, 2.24) is 10.3 Å². The van der Waals surface area contributed by atoms with Gasteiger partial charge in [0.25, 0.3) is 0 Å². The molecule has 1 fully saturated rings. The lowest BCUT2D eigenvalue weighted by Crippen LogP contribution is -2.29. The zero-order valence-corrected chi connectivity index (χ0v) is 11.1. The van der Waals surface area contributed by atoms with Crippen LogP contribution in [0.1, 0.15) is 43.9 Å². The highest BCUT2D eigenvalue weighted by molar-refractivity contribution is 5.12. The summed E-state index contributed by atoms with van der Waals surface area (Å²) in [4.78, 5) is 4.32. The maximum absolute atomic E-state index is 4.32. The third-order valence-electron chi connectivity index (χ3n) is 4.00. The van der Waals surface area contributed by atoms with Gasteiger partial charge in [-0.05, 0) is 43.4 Å². The maximum atomic E-state index is 4.32. The molecule has 0 spiro atoms. The normalized spacial score (nSPS) is 24.8. The van der Waals surface area contributed by atoms with E-state index in [0.717, 1.165) is 30.6 Å². The maximum Gasteiger partial charge on any atom is 0.0372 e. The van der Waals surface area contributed by atoms with Crippen molar-refractivity contribution >= 4 is 0 Å². The van der Waals surface area contributed by atoms with Gasteiger partial charge in [-0.2, -0.15) is 0 Å². The molecule has 1 saturated carbocycles. The first-order chi connectivity index (χ1) is 8.25. The molecule has 0 aliphatic heterocycles. The molecule has 0 aromatic carbocycles. The van der Waals surface area contributed by atoms with E-state index in [1.807, 2.05) is 13.1 Å². The molecule has 2 nitrogen and oxygen atoms in total. The third-order valence-corrected chi connectivity index (χ3v) is 4.00. The minimum Gasteiger partial charge on any atom is -0.312 e. The van der Waals surface area contributed by atoms with Crippen molar-refractivity contribution in [2.24, 2.45) is 11.8 Å². The van der Waals surface area contributed by atoms with Crippen LogP contribution in [0.3, 0.4) is 0 Å². The molecular formula is C15H24N2. The number of pyridine rings is 1. The van der Waals surface area contributed by atoms with Gasteiger partial charge in [-0.15, -0.1) is 0 Å². The minimum absolute atomic E-state index is 0.877. The number of aryl methyl sites for hydroxylation is 1. The van der Waals surface area contributed by atoms with E-state index in [9.17, 15) is 0 Å². The highest BCUT2D eigenvalue weighted by atomic mass is 14.9. The van der Waals surface area contributed by atoms with E-state index in [4.69, 9.17) is 0 Å². The Morgan fingerprint density at radius 2 is 2.12 bits per heavy atom. The van der Waals surface area contributed by atoms with E-state index in [-0.39, 0.29) is 0 Å². The van der Waals surface area contributed by atoms with Gasteiger partial charge in [0.1, 0.15) is 0 Å². The average molecular weight is 232 g/mol. The average Bonchev–Trinajstić information content (AvgIpc) is 2.34. The number of aromatic nitrogens is 1. The van der Waals surface area contributed by atoms with Crippen LogP contribution < -0.4 is 5.32 Å². The highest BCUT2D eigenvalue weighted by Gasteiger charge is 2.20. The quantitative estimate of drug-likeness (QED) is 0.861. The Morgan fingerprint density at radius 3 is 2.82 bits per heavy atom. The van der Waals surface area contributed by atoms with Gasteiger partial charge in [-0.3, -0.25) is 4.98 Å². The Morgan fingerprint density at radius 1 is 1.29 bits per heavy atom. The second-order valence-corrected chi connectivity index (χ2v) is 5.46. The van der Waals surface area contributed by atoms with E-state index in [1.54, 1.807) is 0 Å². The van der Waals surface area contributed by atoms with Crippen molar-refractivity contribution in [3.05, 3.63) is 29.6 Å². The molecule has 1 aromatic rings. The fraction of sp³-hybridized carbons (Fsp3) is 0.667. The van der Waals surface area contributed by atoms with Crippen LogP contribution in [0.25, 0.3) is 0 Å². The summed E-state index contributed by atoms with van der Waals surface area (Å²) >= 11 is 0. The summed E-state index contributed by atoms with van der Waals surface area (Å²) in [6.07, 6.45) is 7.65.